The second kappa shape index (κ2) is 6.55. The molecule has 0 amide bonds. The Balaban J connectivity index is 1.48. The van der Waals surface area contributed by atoms with Crippen molar-refractivity contribution >= 4 is 5.82 Å². The van der Waals surface area contributed by atoms with Crippen LogP contribution in [0.5, 0.6) is 0 Å². The molecule has 2 N–H and O–H groups in total. The summed E-state index contributed by atoms with van der Waals surface area (Å²) in [7, 11) is 0. The molecule has 0 aliphatic carbocycles. The Hall–Kier alpha value is -1.13. The van der Waals surface area contributed by atoms with Crippen molar-refractivity contribution in [3.8, 4) is 0 Å². The van der Waals surface area contributed by atoms with E-state index in [0.717, 1.165) is 12.6 Å². The van der Waals surface area contributed by atoms with Gasteiger partial charge in [-0.3, -0.25) is 4.90 Å². The molecule has 2 aliphatic rings. The van der Waals surface area contributed by atoms with Crippen molar-refractivity contribution in [3.05, 3.63) is 23.9 Å². The largest absolute Gasteiger partial charge is 0.384 e. The van der Waals surface area contributed by atoms with Gasteiger partial charge in [0.15, 0.2) is 0 Å². The minimum Gasteiger partial charge on any atom is -0.384 e. The zero-order chi connectivity index (χ0) is 13.8. The smallest absolute Gasteiger partial charge is 0.123 e. The third-order valence-corrected chi connectivity index (χ3v) is 4.72. The van der Waals surface area contributed by atoms with Crippen LogP contribution in [0.1, 0.15) is 37.7 Å². The molecule has 2 aliphatic heterocycles. The first kappa shape index (κ1) is 13.8. The van der Waals surface area contributed by atoms with Crippen molar-refractivity contribution in [2.45, 2.75) is 44.7 Å². The van der Waals surface area contributed by atoms with Crippen LogP contribution in [0.15, 0.2) is 18.3 Å². The lowest BCUT2D eigenvalue weighted by Crippen LogP contribution is -2.46. The Bertz CT molecular complexity index is 420. The highest BCUT2D eigenvalue weighted by atomic mass is 15.2. The van der Waals surface area contributed by atoms with E-state index in [1.807, 2.05) is 12.3 Å². The fraction of sp³-hybridized carbons (Fsp3) is 0.688. The molecule has 110 valence electrons. The van der Waals surface area contributed by atoms with Gasteiger partial charge in [-0.25, -0.2) is 4.98 Å². The van der Waals surface area contributed by atoms with Crippen LogP contribution >= 0.6 is 0 Å². The molecule has 0 spiro atoms. The molecule has 20 heavy (non-hydrogen) atoms. The van der Waals surface area contributed by atoms with Gasteiger partial charge in [0.05, 0.1) is 0 Å². The zero-order valence-electron chi connectivity index (χ0n) is 12.3. The van der Waals surface area contributed by atoms with Gasteiger partial charge in [0.1, 0.15) is 5.82 Å². The lowest BCUT2D eigenvalue weighted by molar-refractivity contribution is 0.0896. The Labute approximate surface area is 122 Å². The molecule has 3 heterocycles. The predicted octanol–water partition coefficient (Wildman–Crippen LogP) is 2.11. The monoisotopic (exact) mass is 274 g/mol. The fourth-order valence-corrected chi connectivity index (χ4v) is 3.58. The second-order valence-electron chi connectivity index (χ2n) is 6.19. The molecule has 3 rings (SSSR count). The van der Waals surface area contributed by atoms with Crippen LogP contribution in [0.2, 0.25) is 0 Å². The van der Waals surface area contributed by atoms with Gasteiger partial charge in [0, 0.05) is 18.8 Å². The Morgan fingerprint density at radius 1 is 1.10 bits per heavy atom. The number of hydrogen-bond acceptors (Lipinski definition) is 4. The van der Waals surface area contributed by atoms with Crippen LogP contribution in [-0.4, -0.2) is 47.0 Å². The van der Waals surface area contributed by atoms with E-state index >= 15 is 0 Å². The quantitative estimate of drug-likeness (QED) is 0.917. The number of nitrogens with zero attached hydrogens (tertiary/aromatic N) is 3. The first-order chi connectivity index (χ1) is 9.81. The van der Waals surface area contributed by atoms with E-state index in [1.54, 1.807) is 0 Å². The summed E-state index contributed by atoms with van der Waals surface area (Å²) in [4.78, 5) is 9.34. The van der Waals surface area contributed by atoms with Crippen molar-refractivity contribution in [3.63, 3.8) is 0 Å². The number of anilines is 1. The van der Waals surface area contributed by atoms with Gasteiger partial charge in [-0.2, -0.15) is 0 Å². The number of piperidine rings is 2. The lowest BCUT2D eigenvalue weighted by atomic mass is 9.99. The van der Waals surface area contributed by atoms with Crippen LogP contribution < -0.4 is 5.73 Å². The van der Waals surface area contributed by atoms with Gasteiger partial charge >= 0.3 is 0 Å². The molecule has 0 radical (unpaired) electrons. The summed E-state index contributed by atoms with van der Waals surface area (Å²) in [5.41, 5.74) is 7.03. The lowest BCUT2D eigenvalue weighted by Gasteiger charge is -2.40. The summed E-state index contributed by atoms with van der Waals surface area (Å²) in [6, 6.07) is 4.90. The maximum absolute atomic E-state index is 5.75. The number of pyridine rings is 1. The topological polar surface area (TPSA) is 45.4 Å². The average Bonchev–Trinajstić information content (AvgIpc) is 2.49. The van der Waals surface area contributed by atoms with Crippen LogP contribution in [0, 0.1) is 0 Å². The standard InChI is InChI=1S/C16H26N4/c17-16-12-14(4-7-18-16)13-19-10-5-15(6-11-19)20-8-2-1-3-9-20/h4,7,12,15H,1-3,5-6,8-11,13H2,(H2,17,18). The molecule has 0 saturated carbocycles. The van der Waals surface area contributed by atoms with Gasteiger partial charge in [-0.05, 0) is 69.6 Å². The number of hydrogen-bond donors (Lipinski definition) is 1. The normalized spacial score (nSPS) is 23.0. The molecule has 0 atom stereocenters. The minimum atomic E-state index is 0.630. The van der Waals surface area contributed by atoms with Crippen LogP contribution in [0.4, 0.5) is 5.82 Å². The number of nitrogen functional groups attached to an aromatic ring is 1. The number of aromatic nitrogens is 1. The highest BCUT2D eigenvalue weighted by molar-refractivity contribution is 5.31. The zero-order valence-corrected chi connectivity index (χ0v) is 12.3. The van der Waals surface area contributed by atoms with Crippen LogP contribution in [0.25, 0.3) is 0 Å². The average molecular weight is 274 g/mol. The van der Waals surface area contributed by atoms with Gasteiger partial charge in [-0.1, -0.05) is 6.42 Å². The van der Waals surface area contributed by atoms with E-state index in [1.165, 1.54) is 63.8 Å². The maximum Gasteiger partial charge on any atom is 0.123 e. The highest BCUT2D eigenvalue weighted by Crippen LogP contribution is 2.21. The first-order valence-electron chi connectivity index (χ1n) is 7.98. The maximum atomic E-state index is 5.75. The van der Waals surface area contributed by atoms with Crippen molar-refractivity contribution in [1.82, 2.24) is 14.8 Å². The fourth-order valence-electron chi connectivity index (χ4n) is 3.58. The highest BCUT2D eigenvalue weighted by Gasteiger charge is 2.25. The molecular weight excluding hydrogens is 248 g/mol. The summed E-state index contributed by atoms with van der Waals surface area (Å²) in [5.74, 6) is 0.630. The predicted molar refractivity (Wildman–Crippen MR) is 82.4 cm³/mol. The molecular formula is C16H26N4. The Morgan fingerprint density at radius 3 is 2.55 bits per heavy atom. The molecule has 2 fully saturated rings. The SMILES string of the molecule is Nc1cc(CN2CCC(N3CCCCC3)CC2)ccn1. The molecule has 4 heteroatoms. The van der Waals surface area contributed by atoms with Crippen molar-refractivity contribution in [2.75, 3.05) is 31.9 Å². The van der Waals surface area contributed by atoms with E-state index in [4.69, 9.17) is 5.73 Å². The van der Waals surface area contributed by atoms with E-state index in [-0.39, 0.29) is 0 Å². The summed E-state index contributed by atoms with van der Waals surface area (Å²) in [6.45, 7) is 6.09. The van der Waals surface area contributed by atoms with Crippen molar-refractivity contribution in [2.24, 2.45) is 0 Å². The van der Waals surface area contributed by atoms with E-state index in [9.17, 15) is 0 Å². The molecule has 1 aromatic rings. The van der Waals surface area contributed by atoms with E-state index in [2.05, 4.69) is 20.9 Å². The van der Waals surface area contributed by atoms with Gasteiger partial charge in [-0.15, -0.1) is 0 Å². The van der Waals surface area contributed by atoms with Crippen LogP contribution in [-0.2, 0) is 6.54 Å². The number of likely N-dealkylation sites (tertiary alicyclic amines) is 2. The molecule has 0 bridgehead atoms. The molecule has 0 unspecified atom stereocenters. The molecule has 2 saturated heterocycles. The van der Waals surface area contributed by atoms with Gasteiger partial charge < -0.3 is 10.6 Å². The van der Waals surface area contributed by atoms with Gasteiger partial charge in [0.2, 0.25) is 0 Å². The summed E-state index contributed by atoms with van der Waals surface area (Å²) in [5, 5.41) is 0. The molecule has 4 nitrogen and oxygen atoms in total. The Morgan fingerprint density at radius 2 is 1.85 bits per heavy atom. The van der Waals surface area contributed by atoms with E-state index < -0.39 is 0 Å². The van der Waals surface area contributed by atoms with Crippen molar-refractivity contribution < 1.29 is 0 Å². The Kier molecular flexibility index (Phi) is 4.53. The summed E-state index contributed by atoms with van der Waals surface area (Å²) < 4.78 is 0. The van der Waals surface area contributed by atoms with Crippen LogP contribution in [0.3, 0.4) is 0 Å². The third kappa shape index (κ3) is 3.49. The van der Waals surface area contributed by atoms with E-state index in [0.29, 0.717) is 5.82 Å². The molecule has 0 aromatic carbocycles. The number of nitrogens with two attached hydrogens (primary N) is 1. The molecule has 1 aromatic heterocycles. The summed E-state index contributed by atoms with van der Waals surface area (Å²) >= 11 is 0. The summed E-state index contributed by atoms with van der Waals surface area (Å²) in [6.07, 6.45) is 8.68. The minimum absolute atomic E-state index is 0.630. The van der Waals surface area contributed by atoms with Gasteiger partial charge in [0.25, 0.3) is 0 Å². The first-order valence-corrected chi connectivity index (χ1v) is 7.98. The van der Waals surface area contributed by atoms with Crippen molar-refractivity contribution in [1.29, 1.82) is 0 Å². The second-order valence-corrected chi connectivity index (χ2v) is 6.19. The number of rotatable bonds is 3. The third-order valence-electron chi connectivity index (χ3n) is 4.72.